The average molecular weight is 222 g/mol. The van der Waals surface area contributed by atoms with Gasteiger partial charge in [-0.05, 0) is 37.5 Å². The van der Waals surface area contributed by atoms with Crippen LogP contribution in [0, 0.1) is 17.3 Å². The lowest BCUT2D eigenvalue weighted by molar-refractivity contribution is -0.146. The van der Waals surface area contributed by atoms with Crippen LogP contribution >= 0.6 is 0 Å². The first-order valence-electron chi connectivity index (χ1n) is 6.20. The maximum atomic E-state index is 11.7. The van der Waals surface area contributed by atoms with E-state index in [1.165, 1.54) is 6.42 Å². The molecule has 0 N–H and O–H groups in total. The van der Waals surface area contributed by atoms with E-state index >= 15 is 0 Å². The van der Waals surface area contributed by atoms with Crippen LogP contribution in [0.15, 0.2) is 10.2 Å². The van der Waals surface area contributed by atoms with Gasteiger partial charge in [-0.2, -0.15) is 10.2 Å². The summed E-state index contributed by atoms with van der Waals surface area (Å²) in [5.74, 6) is 0.941. The van der Waals surface area contributed by atoms with Crippen LogP contribution in [0.1, 0.15) is 33.1 Å². The van der Waals surface area contributed by atoms with Crippen LogP contribution in [-0.4, -0.2) is 24.7 Å². The maximum absolute atomic E-state index is 11.7. The van der Waals surface area contributed by atoms with Gasteiger partial charge in [0.25, 0.3) is 0 Å². The molecule has 16 heavy (non-hydrogen) atoms. The van der Waals surface area contributed by atoms with Crippen molar-refractivity contribution in [3.63, 3.8) is 0 Å². The second-order valence-corrected chi connectivity index (χ2v) is 5.65. The third-order valence-electron chi connectivity index (χ3n) is 4.54. The Bertz CT molecular complexity index is 355. The maximum Gasteiger partial charge on any atom is 0.333 e. The first kappa shape index (κ1) is 10.2. The molecule has 88 valence electrons. The van der Waals surface area contributed by atoms with Crippen molar-refractivity contribution < 1.29 is 9.53 Å². The van der Waals surface area contributed by atoms with Gasteiger partial charge in [0.05, 0.1) is 12.6 Å². The summed E-state index contributed by atoms with van der Waals surface area (Å²) in [5, 5.41) is 8.42. The smallest absolute Gasteiger partial charge is 0.333 e. The van der Waals surface area contributed by atoms with Crippen LogP contribution in [0.4, 0.5) is 0 Å². The lowest BCUT2D eigenvalue weighted by Crippen LogP contribution is -2.36. The van der Waals surface area contributed by atoms with Crippen molar-refractivity contribution in [1.82, 2.24) is 0 Å². The highest BCUT2D eigenvalue weighted by Gasteiger charge is 2.59. The Hall–Kier alpha value is -0.930. The zero-order valence-electron chi connectivity index (χ0n) is 9.85. The summed E-state index contributed by atoms with van der Waals surface area (Å²) in [4.78, 5) is 11.7. The quantitative estimate of drug-likeness (QED) is 0.672. The Morgan fingerprint density at radius 3 is 3.00 bits per heavy atom. The number of rotatable bonds is 2. The molecule has 2 saturated carbocycles. The van der Waals surface area contributed by atoms with E-state index in [1.54, 1.807) is 0 Å². The van der Waals surface area contributed by atoms with Crippen LogP contribution in [0.25, 0.3) is 0 Å². The van der Waals surface area contributed by atoms with Crippen molar-refractivity contribution in [3.8, 4) is 0 Å². The number of esters is 1. The molecule has 3 rings (SSSR count). The first-order valence-corrected chi connectivity index (χ1v) is 6.20. The Labute approximate surface area is 95.5 Å². The van der Waals surface area contributed by atoms with Crippen molar-refractivity contribution in [2.24, 2.45) is 27.5 Å². The zero-order valence-corrected chi connectivity index (χ0v) is 9.85. The van der Waals surface area contributed by atoms with E-state index in [0.29, 0.717) is 17.9 Å². The molecule has 0 radical (unpaired) electrons. The standard InChI is InChI=1S/C12H18N2O2/c1-3-16-11(15)10-8-4-7-5-12(7,2)6-9(8)13-14-10/h7-10H,3-6H2,1-2H3/t7-,8?,9?,10?,12-/m1/s1. The van der Waals surface area contributed by atoms with E-state index in [4.69, 9.17) is 4.74 Å². The predicted molar refractivity (Wildman–Crippen MR) is 58.0 cm³/mol. The van der Waals surface area contributed by atoms with Crippen LogP contribution in [0.3, 0.4) is 0 Å². The molecular formula is C12H18N2O2. The van der Waals surface area contributed by atoms with E-state index < -0.39 is 0 Å². The van der Waals surface area contributed by atoms with Crippen molar-refractivity contribution in [1.29, 1.82) is 0 Å². The highest BCUT2D eigenvalue weighted by molar-refractivity contribution is 5.76. The Kier molecular flexibility index (Phi) is 2.10. The molecule has 0 spiro atoms. The molecule has 2 fully saturated rings. The van der Waals surface area contributed by atoms with E-state index in [2.05, 4.69) is 17.2 Å². The fourth-order valence-corrected chi connectivity index (χ4v) is 3.40. The fraction of sp³-hybridized carbons (Fsp3) is 0.917. The van der Waals surface area contributed by atoms with Gasteiger partial charge in [-0.15, -0.1) is 0 Å². The molecular weight excluding hydrogens is 204 g/mol. The number of nitrogens with zero attached hydrogens (tertiary/aromatic N) is 2. The predicted octanol–water partition coefficient (Wildman–Crippen LogP) is 2.19. The molecule has 0 bridgehead atoms. The van der Waals surface area contributed by atoms with Gasteiger partial charge in [-0.25, -0.2) is 4.79 Å². The zero-order chi connectivity index (χ0) is 11.3. The molecule has 0 aromatic carbocycles. The SMILES string of the molecule is CCOC(=O)C1N=NC2C[C@@]3(C)C[C@H]3CC21. The Morgan fingerprint density at radius 2 is 2.25 bits per heavy atom. The third kappa shape index (κ3) is 1.39. The summed E-state index contributed by atoms with van der Waals surface area (Å²) < 4.78 is 5.06. The Morgan fingerprint density at radius 1 is 1.44 bits per heavy atom. The topological polar surface area (TPSA) is 51.0 Å². The van der Waals surface area contributed by atoms with Gasteiger partial charge in [0.15, 0.2) is 6.04 Å². The van der Waals surface area contributed by atoms with Crippen LogP contribution in [0.2, 0.25) is 0 Å². The number of hydrogen-bond acceptors (Lipinski definition) is 4. The molecule has 4 nitrogen and oxygen atoms in total. The largest absolute Gasteiger partial charge is 0.464 e. The summed E-state index contributed by atoms with van der Waals surface area (Å²) in [7, 11) is 0. The van der Waals surface area contributed by atoms with E-state index in [9.17, 15) is 4.79 Å². The van der Waals surface area contributed by atoms with Gasteiger partial charge in [0.2, 0.25) is 0 Å². The first-order chi connectivity index (χ1) is 7.64. The van der Waals surface area contributed by atoms with E-state index in [1.807, 2.05) is 6.92 Å². The average Bonchev–Trinajstić information content (AvgIpc) is 2.72. The number of hydrogen-bond donors (Lipinski definition) is 0. The number of ether oxygens (including phenoxy) is 1. The van der Waals surface area contributed by atoms with Gasteiger partial charge >= 0.3 is 5.97 Å². The van der Waals surface area contributed by atoms with Crippen molar-refractivity contribution in [2.75, 3.05) is 6.61 Å². The van der Waals surface area contributed by atoms with Crippen LogP contribution in [-0.2, 0) is 9.53 Å². The lowest BCUT2D eigenvalue weighted by Gasteiger charge is -2.28. The van der Waals surface area contributed by atoms with Crippen LogP contribution in [0.5, 0.6) is 0 Å². The van der Waals surface area contributed by atoms with Crippen molar-refractivity contribution in [2.45, 2.75) is 45.2 Å². The number of fused-ring (bicyclic) bond motifs is 2. The monoisotopic (exact) mass is 222 g/mol. The molecule has 0 amide bonds. The molecule has 2 aliphatic carbocycles. The van der Waals surface area contributed by atoms with Gasteiger partial charge in [-0.3, -0.25) is 0 Å². The van der Waals surface area contributed by atoms with Crippen molar-refractivity contribution in [3.05, 3.63) is 0 Å². The van der Waals surface area contributed by atoms with Gasteiger partial charge in [0, 0.05) is 5.92 Å². The Balaban J connectivity index is 1.72. The third-order valence-corrected chi connectivity index (χ3v) is 4.54. The molecule has 1 aliphatic heterocycles. The molecule has 3 unspecified atom stereocenters. The normalized spacial score (nSPS) is 48.4. The highest BCUT2D eigenvalue weighted by atomic mass is 16.5. The highest BCUT2D eigenvalue weighted by Crippen LogP contribution is 2.64. The molecule has 0 saturated heterocycles. The van der Waals surface area contributed by atoms with Crippen LogP contribution < -0.4 is 0 Å². The molecule has 0 aromatic rings. The number of azo groups is 1. The number of carbonyl (C=O) groups excluding carboxylic acids is 1. The summed E-state index contributed by atoms with van der Waals surface area (Å²) >= 11 is 0. The van der Waals surface area contributed by atoms with Gasteiger partial charge in [0.1, 0.15) is 0 Å². The second-order valence-electron chi connectivity index (χ2n) is 5.65. The molecule has 4 heteroatoms. The van der Waals surface area contributed by atoms with E-state index in [0.717, 1.165) is 18.8 Å². The fourth-order valence-electron chi connectivity index (χ4n) is 3.40. The molecule has 1 heterocycles. The second kappa shape index (κ2) is 3.28. The van der Waals surface area contributed by atoms with E-state index in [-0.39, 0.29) is 18.1 Å². The number of carbonyl (C=O) groups is 1. The summed E-state index contributed by atoms with van der Waals surface area (Å²) in [6.07, 6.45) is 3.53. The van der Waals surface area contributed by atoms with Gasteiger partial charge in [-0.1, -0.05) is 6.92 Å². The van der Waals surface area contributed by atoms with Crippen molar-refractivity contribution >= 4 is 5.97 Å². The lowest BCUT2D eigenvalue weighted by atomic mass is 9.77. The molecule has 3 aliphatic rings. The minimum Gasteiger partial charge on any atom is -0.464 e. The van der Waals surface area contributed by atoms with Gasteiger partial charge < -0.3 is 4.74 Å². The molecule has 5 atom stereocenters. The minimum atomic E-state index is -0.310. The molecule has 0 aromatic heterocycles. The summed E-state index contributed by atoms with van der Waals surface area (Å²) in [5.41, 5.74) is 0.504. The minimum absolute atomic E-state index is 0.178. The summed E-state index contributed by atoms with van der Waals surface area (Å²) in [6, 6.07) is -0.0340. The summed E-state index contributed by atoms with van der Waals surface area (Å²) in [6.45, 7) is 4.60.